The molecule has 2 fully saturated rings. The normalized spacial score (nSPS) is 23.9. The van der Waals surface area contributed by atoms with Crippen LogP contribution in [0.3, 0.4) is 0 Å². The SMILES string of the molecule is CN(C)S(=O)(=O)N1CC[C@@H]2CN(Cc3ccco3)C[C@@H]2C1.O=C(O)C(F)(F)F. The Balaban J connectivity index is 0.000000345. The smallest absolute Gasteiger partial charge is 0.475 e. The molecule has 2 aliphatic heterocycles. The molecule has 0 unspecified atom stereocenters. The van der Waals surface area contributed by atoms with Crippen molar-refractivity contribution in [3.05, 3.63) is 24.2 Å². The zero-order valence-corrected chi connectivity index (χ0v) is 16.4. The molecule has 0 aliphatic carbocycles. The van der Waals surface area contributed by atoms with Crippen molar-refractivity contribution in [1.29, 1.82) is 0 Å². The van der Waals surface area contributed by atoms with Crippen molar-refractivity contribution in [2.45, 2.75) is 19.1 Å². The number of halogens is 3. The molecule has 0 bridgehead atoms. The number of carboxylic acids is 1. The number of nitrogens with zero attached hydrogens (tertiary/aromatic N) is 3. The molecule has 12 heteroatoms. The number of fused-ring (bicyclic) bond motifs is 1. The highest BCUT2D eigenvalue weighted by Gasteiger charge is 2.41. The predicted octanol–water partition coefficient (Wildman–Crippen LogP) is 1.47. The first-order chi connectivity index (χ1) is 12.9. The van der Waals surface area contributed by atoms with Gasteiger partial charge in [-0.1, -0.05) is 0 Å². The van der Waals surface area contributed by atoms with Crippen LogP contribution in [-0.2, 0) is 21.5 Å². The van der Waals surface area contributed by atoms with Crippen molar-refractivity contribution in [3.63, 3.8) is 0 Å². The van der Waals surface area contributed by atoms with E-state index in [4.69, 9.17) is 14.3 Å². The van der Waals surface area contributed by atoms with Crippen LogP contribution < -0.4 is 0 Å². The van der Waals surface area contributed by atoms with Gasteiger partial charge in [0, 0.05) is 40.3 Å². The third kappa shape index (κ3) is 5.69. The molecule has 0 amide bonds. The van der Waals surface area contributed by atoms with Crippen molar-refractivity contribution >= 4 is 16.2 Å². The fourth-order valence-electron chi connectivity index (χ4n) is 3.42. The first-order valence-electron chi connectivity index (χ1n) is 8.63. The summed E-state index contributed by atoms with van der Waals surface area (Å²) >= 11 is 0. The topological polar surface area (TPSA) is 94.3 Å². The van der Waals surface area contributed by atoms with Crippen LogP contribution >= 0.6 is 0 Å². The summed E-state index contributed by atoms with van der Waals surface area (Å²) in [7, 11) is -0.0834. The maximum absolute atomic E-state index is 12.2. The van der Waals surface area contributed by atoms with Gasteiger partial charge in [-0.2, -0.15) is 30.2 Å². The van der Waals surface area contributed by atoms with Gasteiger partial charge in [-0.3, -0.25) is 4.90 Å². The Morgan fingerprint density at radius 3 is 2.39 bits per heavy atom. The standard InChI is InChI=1S/C14H23N3O3S.C2HF3O2/c1-15(2)21(18,19)17-6-5-12-8-16(9-13(12)10-17)11-14-4-3-7-20-14;3-2(4,5)1(6)7/h3-4,7,12-13H,5-6,8-11H2,1-2H3;(H,6,7)/t12-,13-;/m1./s1. The monoisotopic (exact) mass is 427 g/mol. The van der Waals surface area contributed by atoms with E-state index < -0.39 is 22.4 Å². The Morgan fingerprint density at radius 1 is 1.29 bits per heavy atom. The Labute approximate surface area is 161 Å². The Kier molecular flexibility index (Phi) is 7.12. The number of rotatable bonds is 4. The summed E-state index contributed by atoms with van der Waals surface area (Å²) in [5.74, 6) is -0.740. The number of alkyl halides is 3. The van der Waals surface area contributed by atoms with E-state index in [2.05, 4.69) is 4.90 Å². The summed E-state index contributed by atoms with van der Waals surface area (Å²) in [6, 6.07) is 3.90. The number of carbonyl (C=O) groups is 1. The zero-order valence-electron chi connectivity index (χ0n) is 15.6. The lowest BCUT2D eigenvalue weighted by molar-refractivity contribution is -0.192. The molecular formula is C16H24F3N3O5S. The van der Waals surface area contributed by atoms with E-state index in [0.717, 1.165) is 31.8 Å². The van der Waals surface area contributed by atoms with Crippen LogP contribution in [0.15, 0.2) is 22.8 Å². The Morgan fingerprint density at radius 2 is 1.89 bits per heavy atom. The summed E-state index contributed by atoms with van der Waals surface area (Å²) in [5.41, 5.74) is 0. The molecule has 0 saturated carbocycles. The van der Waals surface area contributed by atoms with Crippen molar-refractivity contribution in [1.82, 2.24) is 13.5 Å². The first-order valence-corrected chi connectivity index (χ1v) is 10.0. The number of hydrogen-bond donors (Lipinski definition) is 1. The third-order valence-electron chi connectivity index (χ3n) is 4.83. The number of likely N-dealkylation sites (tertiary alicyclic amines) is 1. The first kappa shape index (κ1) is 22.7. The maximum Gasteiger partial charge on any atom is 0.490 e. The molecule has 0 spiro atoms. The van der Waals surface area contributed by atoms with Crippen LogP contribution in [0.4, 0.5) is 13.2 Å². The molecule has 1 N–H and O–H groups in total. The highest BCUT2D eigenvalue weighted by atomic mass is 32.2. The van der Waals surface area contributed by atoms with Crippen LogP contribution in [-0.4, -0.2) is 79.5 Å². The predicted molar refractivity (Wildman–Crippen MR) is 93.5 cm³/mol. The second kappa shape index (κ2) is 8.80. The van der Waals surface area contributed by atoms with E-state index >= 15 is 0 Å². The van der Waals surface area contributed by atoms with E-state index in [1.807, 2.05) is 12.1 Å². The number of furan rings is 1. The van der Waals surface area contributed by atoms with Gasteiger partial charge in [-0.25, -0.2) is 4.79 Å². The average Bonchev–Trinajstić information content (AvgIpc) is 3.22. The quantitative estimate of drug-likeness (QED) is 0.782. The van der Waals surface area contributed by atoms with E-state index in [-0.39, 0.29) is 0 Å². The molecule has 3 heterocycles. The zero-order chi connectivity index (χ0) is 21.1. The molecular weight excluding hydrogens is 403 g/mol. The van der Waals surface area contributed by atoms with E-state index in [1.165, 1.54) is 4.31 Å². The fraction of sp³-hybridized carbons (Fsp3) is 0.688. The molecule has 0 aromatic carbocycles. The van der Waals surface area contributed by atoms with Crippen LogP contribution in [0.5, 0.6) is 0 Å². The average molecular weight is 427 g/mol. The highest BCUT2D eigenvalue weighted by molar-refractivity contribution is 7.86. The van der Waals surface area contributed by atoms with Gasteiger partial charge in [0.25, 0.3) is 10.2 Å². The minimum atomic E-state index is -5.08. The molecule has 160 valence electrons. The fourth-order valence-corrected chi connectivity index (χ4v) is 4.60. The van der Waals surface area contributed by atoms with Gasteiger partial charge in [-0.15, -0.1) is 0 Å². The van der Waals surface area contributed by atoms with Crippen molar-refractivity contribution < 1.29 is 35.9 Å². The summed E-state index contributed by atoms with van der Waals surface area (Å²) < 4.78 is 64.5. The lowest BCUT2D eigenvalue weighted by atomic mass is 9.90. The van der Waals surface area contributed by atoms with E-state index in [9.17, 15) is 21.6 Å². The second-order valence-electron chi connectivity index (χ2n) is 7.03. The summed E-state index contributed by atoms with van der Waals surface area (Å²) in [6.45, 7) is 4.09. The van der Waals surface area contributed by atoms with Gasteiger partial charge in [0.1, 0.15) is 5.76 Å². The highest BCUT2D eigenvalue weighted by Crippen LogP contribution is 2.33. The third-order valence-corrected chi connectivity index (χ3v) is 6.74. The van der Waals surface area contributed by atoms with Gasteiger partial charge in [0.2, 0.25) is 0 Å². The molecule has 1 aromatic heterocycles. The number of carboxylic acid groups (broad SMARTS) is 1. The van der Waals surface area contributed by atoms with Gasteiger partial charge in [-0.05, 0) is 30.4 Å². The van der Waals surface area contributed by atoms with Crippen LogP contribution in [0.2, 0.25) is 0 Å². The summed E-state index contributed by atoms with van der Waals surface area (Å²) in [4.78, 5) is 11.3. The summed E-state index contributed by atoms with van der Waals surface area (Å²) in [5, 5.41) is 7.12. The number of aliphatic carboxylic acids is 1. The molecule has 1 aromatic rings. The van der Waals surface area contributed by atoms with Crippen LogP contribution in [0.1, 0.15) is 12.2 Å². The lowest BCUT2D eigenvalue weighted by Crippen LogP contribution is -2.47. The maximum atomic E-state index is 12.2. The van der Waals surface area contributed by atoms with Crippen LogP contribution in [0.25, 0.3) is 0 Å². The number of piperidine rings is 1. The lowest BCUT2D eigenvalue weighted by Gasteiger charge is -2.34. The molecule has 2 aliphatic rings. The Hall–Kier alpha value is -1.63. The van der Waals surface area contributed by atoms with Gasteiger partial charge in [0.05, 0.1) is 12.8 Å². The molecule has 2 atom stereocenters. The molecule has 28 heavy (non-hydrogen) atoms. The largest absolute Gasteiger partial charge is 0.490 e. The van der Waals surface area contributed by atoms with Crippen molar-refractivity contribution in [3.8, 4) is 0 Å². The van der Waals surface area contributed by atoms with Crippen molar-refractivity contribution in [2.75, 3.05) is 40.3 Å². The Bertz CT molecular complexity index is 752. The van der Waals surface area contributed by atoms with E-state index in [0.29, 0.717) is 24.9 Å². The van der Waals surface area contributed by atoms with E-state index in [1.54, 1.807) is 24.7 Å². The molecule has 3 rings (SSSR count). The minimum absolute atomic E-state index is 0.434. The molecule has 0 radical (unpaired) electrons. The van der Waals surface area contributed by atoms with Crippen molar-refractivity contribution in [2.24, 2.45) is 11.8 Å². The van der Waals surface area contributed by atoms with Gasteiger partial charge < -0.3 is 9.52 Å². The molecule has 8 nitrogen and oxygen atoms in total. The second-order valence-corrected chi connectivity index (χ2v) is 9.18. The minimum Gasteiger partial charge on any atom is -0.475 e. The molecule has 2 saturated heterocycles. The summed E-state index contributed by atoms with van der Waals surface area (Å²) in [6.07, 6.45) is -2.43. The van der Waals surface area contributed by atoms with Crippen LogP contribution in [0, 0.1) is 11.8 Å². The number of hydrogen-bond acceptors (Lipinski definition) is 5. The van der Waals surface area contributed by atoms with Gasteiger partial charge in [0.15, 0.2) is 0 Å². The van der Waals surface area contributed by atoms with Gasteiger partial charge >= 0.3 is 12.1 Å².